The van der Waals surface area contributed by atoms with E-state index in [4.69, 9.17) is 14.2 Å². The molecule has 0 saturated carbocycles. The first-order valence-electron chi connectivity index (χ1n) is 10.9. The monoisotopic (exact) mass is 426 g/mol. The number of ether oxygens (including phenoxy) is 3. The van der Waals surface area contributed by atoms with Gasteiger partial charge >= 0.3 is 0 Å². The minimum absolute atomic E-state index is 0.00486. The van der Waals surface area contributed by atoms with Crippen molar-refractivity contribution in [3.8, 4) is 11.5 Å². The van der Waals surface area contributed by atoms with Crippen molar-refractivity contribution < 1.29 is 19.0 Å². The summed E-state index contributed by atoms with van der Waals surface area (Å²) >= 11 is 0. The normalized spacial score (nSPS) is 18.0. The molecule has 6 nitrogen and oxygen atoms in total. The molecular weight excluding hydrogens is 392 g/mol. The fourth-order valence-corrected chi connectivity index (χ4v) is 4.12. The molecule has 168 valence electrons. The number of rotatable bonds is 11. The summed E-state index contributed by atoms with van der Waals surface area (Å²) in [5.74, 6) is 2.15. The first-order chi connectivity index (χ1) is 15.1. The summed E-state index contributed by atoms with van der Waals surface area (Å²) in [5.41, 5.74) is 1.95. The van der Waals surface area contributed by atoms with Gasteiger partial charge in [0.15, 0.2) is 11.5 Å². The number of nitrogens with one attached hydrogen (secondary N) is 1. The van der Waals surface area contributed by atoms with Crippen molar-refractivity contribution in [2.24, 2.45) is 11.8 Å². The van der Waals surface area contributed by atoms with Gasteiger partial charge in [-0.1, -0.05) is 30.3 Å². The zero-order chi connectivity index (χ0) is 22.1. The second kappa shape index (κ2) is 11.7. The molecule has 0 aromatic heterocycles. The van der Waals surface area contributed by atoms with Crippen LogP contribution in [-0.2, 0) is 11.2 Å². The van der Waals surface area contributed by atoms with Gasteiger partial charge in [-0.15, -0.1) is 0 Å². The van der Waals surface area contributed by atoms with E-state index in [0.717, 1.165) is 32.5 Å². The van der Waals surface area contributed by atoms with Crippen LogP contribution in [0.1, 0.15) is 22.3 Å². The number of amides is 1. The lowest BCUT2D eigenvalue weighted by atomic mass is 9.89. The Bertz CT molecular complexity index is 828. The summed E-state index contributed by atoms with van der Waals surface area (Å²) < 4.78 is 16.3. The number of nitrogens with zero attached hydrogens (tertiary/aromatic N) is 1. The van der Waals surface area contributed by atoms with Gasteiger partial charge in [0.2, 0.25) is 0 Å². The Labute approximate surface area is 185 Å². The lowest BCUT2D eigenvalue weighted by molar-refractivity contribution is 0.0765. The van der Waals surface area contributed by atoms with Crippen LogP contribution in [0.25, 0.3) is 0 Å². The molecule has 2 aromatic carbocycles. The van der Waals surface area contributed by atoms with Crippen LogP contribution in [0.3, 0.4) is 0 Å². The number of hydrogen-bond donors (Lipinski definition) is 1. The van der Waals surface area contributed by atoms with Crippen molar-refractivity contribution in [1.82, 2.24) is 10.2 Å². The molecule has 6 heteroatoms. The smallest absolute Gasteiger partial charge is 0.253 e. The third kappa shape index (κ3) is 6.45. The van der Waals surface area contributed by atoms with Gasteiger partial charge in [-0.25, -0.2) is 0 Å². The van der Waals surface area contributed by atoms with Crippen molar-refractivity contribution in [3.63, 3.8) is 0 Å². The Morgan fingerprint density at radius 1 is 1.03 bits per heavy atom. The molecule has 1 heterocycles. The van der Waals surface area contributed by atoms with E-state index in [1.165, 1.54) is 5.56 Å². The molecule has 1 saturated heterocycles. The van der Waals surface area contributed by atoms with Crippen molar-refractivity contribution in [2.45, 2.75) is 12.8 Å². The van der Waals surface area contributed by atoms with Crippen LogP contribution in [0.15, 0.2) is 48.5 Å². The van der Waals surface area contributed by atoms with Crippen molar-refractivity contribution in [2.75, 3.05) is 54.1 Å². The highest BCUT2D eigenvalue weighted by atomic mass is 16.5. The fourth-order valence-electron chi connectivity index (χ4n) is 4.12. The molecule has 2 atom stereocenters. The number of hydrogen-bond acceptors (Lipinski definition) is 5. The minimum Gasteiger partial charge on any atom is -0.493 e. The molecule has 1 fully saturated rings. The van der Waals surface area contributed by atoms with Gasteiger partial charge in [-0.3, -0.25) is 4.79 Å². The predicted molar refractivity (Wildman–Crippen MR) is 122 cm³/mol. The molecule has 0 unspecified atom stereocenters. The molecule has 31 heavy (non-hydrogen) atoms. The molecule has 2 aromatic rings. The molecule has 1 aliphatic rings. The van der Waals surface area contributed by atoms with E-state index in [-0.39, 0.29) is 5.91 Å². The van der Waals surface area contributed by atoms with Crippen molar-refractivity contribution in [3.05, 3.63) is 59.7 Å². The van der Waals surface area contributed by atoms with Crippen LogP contribution in [0, 0.1) is 11.8 Å². The molecule has 0 aliphatic carbocycles. The zero-order valence-electron chi connectivity index (χ0n) is 18.8. The third-order valence-electron chi connectivity index (χ3n) is 5.84. The van der Waals surface area contributed by atoms with Gasteiger partial charge in [0, 0.05) is 39.3 Å². The topological polar surface area (TPSA) is 60.0 Å². The van der Waals surface area contributed by atoms with E-state index >= 15 is 0 Å². The largest absolute Gasteiger partial charge is 0.493 e. The fraction of sp³-hybridized carbons (Fsp3) is 0.480. The van der Waals surface area contributed by atoms with Crippen LogP contribution in [-0.4, -0.2) is 64.9 Å². The van der Waals surface area contributed by atoms with Gasteiger partial charge in [0.1, 0.15) is 0 Å². The summed E-state index contributed by atoms with van der Waals surface area (Å²) in [4.78, 5) is 14.9. The summed E-state index contributed by atoms with van der Waals surface area (Å²) in [7, 11) is 5.15. The van der Waals surface area contributed by atoms with Gasteiger partial charge in [0.25, 0.3) is 5.91 Å². The molecule has 0 bridgehead atoms. The quantitative estimate of drug-likeness (QED) is 0.559. The second-order valence-corrected chi connectivity index (χ2v) is 8.11. The van der Waals surface area contributed by atoms with E-state index in [0.29, 0.717) is 42.1 Å². The first kappa shape index (κ1) is 23.1. The number of benzene rings is 2. The Morgan fingerprint density at radius 2 is 1.81 bits per heavy atom. The maximum absolute atomic E-state index is 13.1. The van der Waals surface area contributed by atoms with Crippen LogP contribution in [0.5, 0.6) is 11.5 Å². The maximum atomic E-state index is 13.1. The zero-order valence-corrected chi connectivity index (χ0v) is 18.8. The highest BCUT2D eigenvalue weighted by molar-refractivity contribution is 5.94. The molecule has 1 amide bonds. The third-order valence-corrected chi connectivity index (χ3v) is 5.84. The first-order valence-corrected chi connectivity index (χ1v) is 10.9. The van der Waals surface area contributed by atoms with E-state index in [1.807, 2.05) is 18.0 Å². The van der Waals surface area contributed by atoms with Gasteiger partial charge in [0.05, 0.1) is 13.7 Å². The molecule has 1 N–H and O–H groups in total. The van der Waals surface area contributed by atoms with Gasteiger partial charge < -0.3 is 24.4 Å². The van der Waals surface area contributed by atoms with Crippen LogP contribution >= 0.6 is 0 Å². The highest BCUT2D eigenvalue weighted by Gasteiger charge is 2.29. The molecule has 1 aliphatic heterocycles. The van der Waals surface area contributed by atoms with E-state index < -0.39 is 0 Å². The summed E-state index contributed by atoms with van der Waals surface area (Å²) in [6, 6.07) is 15.9. The van der Waals surface area contributed by atoms with E-state index in [2.05, 4.69) is 29.6 Å². The molecule has 0 spiro atoms. The average Bonchev–Trinajstić information content (AvgIpc) is 3.23. The summed E-state index contributed by atoms with van der Waals surface area (Å²) in [6.45, 7) is 3.78. The number of methoxy groups -OCH3 is 2. The standard InChI is InChI=1S/C25H34N2O4/c1-27(18-22-17-26-16-21(22)14-19-8-5-4-6-9-19)25(28)20-10-11-23(30-3)24(15-20)31-13-7-12-29-2/h4-6,8-11,15,21-22,26H,7,12-14,16-18H2,1-3H3/t21-,22+/m0/s1. The second-order valence-electron chi connectivity index (χ2n) is 8.11. The van der Waals surface area contributed by atoms with E-state index in [9.17, 15) is 4.79 Å². The maximum Gasteiger partial charge on any atom is 0.253 e. The Balaban J connectivity index is 1.62. The lowest BCUT2D eigenvalue weighted by Crippen LogP contribution is -2.35. The number of carbonyl (C=O) groups is 1. The Morgan fingerprint density at radius 3 is 2.55 bits per heavy atom. The average molecular weight is 427 g/mol. The molecule has 3 rings (SSSR count). The van der Waals surface area contributed by atoms with Crippen LogP contribution in [0.4, 0.5) is 0 Å². The molecular formula is C25H34N2O4. The lowest BCUT2D eigenvalue weighted by Gasteiger charge is -2.25. The minimum atomic E-state index is -0.00486. The van der Waals surface area contributed by atoms with Crippen LogP contribution in [0.2, 0.25) is 0 Å². The predicted octanol–water partition coefficient (Wildman–Crippen LogP) is 3.26. The highest BCUT2D eigenvalue weighted by Crippen LogP contribution is 2.29. The Kier molecular flexibility index (Phi) is 8.74. The molecule has 0 radical (unpaired) electrons. The van der Waals surface area contributed by atoms with Crippen LogP contribution < -0.4 is 14.8 Å². The van der Waals surface area contributed by atoms with Gasteiger partial charge in [-0.2, -0.15) is 0 Å². The number of carbonyl (C=O) groups excluding carboxylic acids is 1. The van der Waals surface area contributed by atoms with E-state index in [1.54, 1.807) is 32.4 Å². The van der Waals surface area contributed by atoms with Crippen molar-refractivity contribution in [1.29, 1.82) is 0 Å². The SMILES string of the molecule is COCCCOc1cc(C(=O)N(C)C[C@H]2CNC[C@@H]2Cc2ccccc2)ccc1OC. The summed E-state index contributed by atoms with van der Waals surface area (Å²) in [5, 5.41) is 3.50. The van der Waals surface area contributed by atoms with Crippen molar-refractivity contribution >= 4 is 5.91 Å². The Hall–Kier alpha value is -2.57. The summed E-state index contributed by atoms with van der Waals surface area (Å²) in [6.07, 6.45) is 1.80. The van der Waals surface area contributed by atoms with Gasteiger partial charge in [-0.05, 0) is 55.1 Å².